The Hall–Kier alpha value is 0.630. The standard InChI is InChI=1S/C11H11Cl5O/c1-9(2,17)7-5-3-4-6-8(7)10(12,13)11(14,15)16/h3-6,17H,1-2H3. The fourth-order valence-corrected chi connectivity index (χ4v) is 2.08. The van der Waals surface area contributed by atoms with Gasteiger partial charge in [-0.05, 0) is 25.0 Å². The lowest BCUT2D eigenvalue weighted by Crippen LogP contribution is -2.32. The van der Waals surface area contributed by atoms with E-state index in [0.29, 0.717) is 11.1 Å². The van der Waals surface area contributed by atoms with Crippen LogP contribution in [0, 0.1) is 0 Å². The summed E-state index contributed by atoms with van der Waals surface area (Å²) in [6.45, 7) is 3.21. The third-order valence-corrected chi connectivity index (χ3v) is 4.69. The average molecular weight is 336 g/mol. The van der Waals surface area contributed by atoms with Crippen LogP contribution in [-0.4, -0.2) is 8.90 Å². The predicted octanol–water partition coefficient (Wildman–Crippen LogP) is 4.91. The maximum absolute atomic E-state index is 10.1. The first kappa shape index (κ1) is 15.7. The summed E-state index contributed by atoms with van der Waals surface area (Å²) in [5.74, 6) is 0. The molecule has 0 amide bonds. The fraction of sp³-hybridized carbons (Fsp3) is 0.455. The van der Waals surface area contributed by atoms with Crippen molar-refractivity contribution in [1.82, 2.24) is 0 Å². The molecule has 0 bridgehead atoms. The second kappa shape index (κ2) is 4.96. The van der Waals surface area contributed by atoms with E-state index < -0.39 is 13.7 Å². The minimum Gasteiger partial charge on any atom is -0.386 e. The van der Waals surface area contributed by atoms with Gasteiger partial charge in [-0.25, -0.2) is 0 Å². The molecule has 17 heavy (non-hydrogen) atoms. The normalized spacial score (nSPS) is 13.9. The third-order valence-electron chi connectivity index (χ3n) is 2.28. The highest BCUT2D eigenvalue weighted by atomic mass is 35.6. The van der Waals surface area contributed by atoms with Crippen LogP contribution >= 0.6 is 58.0 Å². The monoisotopic (exact) mass is 334 g/mol. The van der Waals surface area contributed by atoms with Gasteiger partial charge in [0.2, 0.25) is 3.79 Å². The first-order valence-electron chi connectivity index (χ1n) is 4.75. The summed E-state index contributed by atoms with van der Waals surface area (Å²) in [5, 5.41) is 10.1. The summed E-state index contributed by atoms with van der Waals surface area (Å²) in [5.41, 5.74) is -0.256. The smallest absolute Gasteiger partial charge is 0.227 e. The van der Waals surface area contributed by atoms with Crippen LogP contribution in [0.15, 0.2) is 24.3 Å². The molecule has 0 aliphatic heterocycles. The molecule has 0 radical (unpaired) electrons. The lowest BCUT2D eigenvalue weighted by molar-refractivity contribution is 0.0773. The second-order valence-corrected chi connectivity index (χ2v) is 7.79. The van der Waals surface area contributed by atoms with Gasteiger partial charge in [-0.15, -0.1) is 0 Å². The zero-order valence-electron chi connectivity index (χ0n) is 9.15. The van der Waals surface area contributed by atoms with Crippen molar-refractivity contribution in [2.45, 2.75) is 27.6 Å². The molecule has 0 spiro atoms. The van der Waals surface area contributed by atoms with Gasteiger partial charge in [-0.1, -0.05) is 82.3 Å². The minimum atomic E-state index is -1.91. The van der Waals surface area contributed by atoms with Crippen LogP contribution in [-0.2, 0) is 9.93 Å². The fourth-order valence-electron chi connectivity index (χ4n) is 1.44. The number of hydrogen-bond donors (Lipinski definition) is 1. The first-order valence-corrected chi connectivity index (χ1v) is 6.64. The molecule has 96 valence electrons. The topological polar surface area (TPSA) is 20.2 Å². The highest BCUT2D eigenvalue weighted by Gasteiger charge is 2.49. The number of hydrogen-bond acceptors (Lipinski definition) is 1. The van der Waals surface area contributed by atoms with Gasteiger partial charge in [-0.2, -0.15) is 0 Å². The Morgan fingerprint density at radius 1 is 0.882 bits per heavy atom. The van der Waals surface area contributed by atoms with E-state index in [2.05, 4.69) is 0 Å². The highest BCUT2D eigenvalue weighted by Crippen LogP contribution is 2.54. The number of halogens is 5. The van der Waals surface area contributed by atoms with E-state index in [9.17, 15) is 5.11 Å². The summed E-state index contributed by atoms with van der Waals surface area (Å²) in [7, 11) is 0. The van der Waals surface area contributed by atoms with E-state index >= 15 is 0 Å². The van der Waals surface area contributed by atoms with Gasteiger partial charge >= 0.3 is 0 Å². The Labute approximate surface area is 126 Å². The van der Waals surface area contributed by atoms with Crippen molar-refractivity contribution in [2.24, 2.45) is 0 Å². The summed E-state index contributed by atoms with van der Waals surface area (Å²) in [4.78, 5) is 0. The van der Waals surface area contributed by atoms with Gasteiger partial charge < -0.3 is 5.11 Å². The molecule has 6 heteroatoms. The zero-order valence-corrected chi connectivity index (χ0v) is 12.9. The lowest BCUT2D eigenvalue weighted by atomic mass is 9.91. The van der Waals surface area contributed by atoms with Gasteiger partial charge in [0, 0.05) is 0 Å². The van der Waals surface area contributed by atoms with Crippen LogP contribution in [0.3, 0.4) is 0 Å². The van der Waals surface area contributed by atoms with Gasteiger partial charge in [0.05, 0.1) is 5.60 Å². The Bertz CT molecular complexity index is 403. The molecular weight excluding hydrogens is 325 g/mol. The van der Waals surface area contributed by atoms with E-state index in [1.54, 1.807) is 38.1 Å². The van der Waals surface area contributed by atoms with E-state index in [-0.39, 0.29) is 0 Å². The summed E-state index contributed by atoms with van der Waals surface area (Å²) < 4.78 is -3.65. The lowest BCUT2D eigenvalue weighted by Gasteiger charge is -2.32. The average Bonchev–Trinajstić information content (AvgIpc) is 2.14. The predicted molar refractivity (Wildman–Crippen MR) is 75.4 cm³/mol. The summed E-state index contributed by atoms with van der Waals surface area (Å²) in [6.07, 6.45) is 0. The van der Waals surface area contributed by atoms with Gasteiger partial charge in [0.15, 0.2) is 4.33 Å². The molecule has 1 N–H and O–H groups in total. The molecule has 1 aromatic carbocycles. The van der Waals surface area contributed by atoms with Gasteiger partial charge in [-0.3, -0.25) is 0 Å². The number of benzene rings is 1. The maximum Gasteiger partial charge on any atom is 0.227 e. The molecule has 0 atom stereocenters. The Morgan fingerprint density at radius 2 is 1.29 bits per heavy atom. The molecule has 0 aliphatic carbocycles. The molecule has 0 heterocycles. The Kier molecular flexibility index (Phi) is 4.57. The van der Waals surface area contributed by atoms with E-state index in [4.69, 9.17) is 58.0 Å². The molecule has 0 aromatic heterocycles. The zero-order chi connectivity index (χ0) is 13.5. The van der Waals surface area contributed by atoms with Crippen LogP contribution in [0.25, 0.3) is 0 Å². The molecule has 1 nitrogen and oxygen atoms in total. The molecule has 0 unspecified atom stereocenters. The largest absolute Gasteiger partial charge is 0.386 e. The number of rotatable bonds is 2. The second-order valence-electron chi connectivity index (χ2n) is 4.18. The SMILES string of the molecule is CC(C)(O)c1ccccc1C(Cl)(Cl)C(Cl)(Cl)Cl. The van der Waals surface area contributed by atoms with Crippen molar-refractivity contribution in [2.75, 3.05) is 0 Å². The maximum atomic E-state index is 10.1. The van der Waals surface area contributed by atoms with Crippen molar-refractivity contribution in [3.05, 3.63) is 35.4 Å². The van der Waals surface area contributed by atoms with Crippen LogP contribution in [0.2, 0.25) is 0 Å². The number of alkyl halides is 5. The molecule has 1 aromatic rings. The molecule has 0 fully saturated rings. The van der Waals surface area contributed by atoms with Crippen LogP contribution in [0.1, 0.15) is 25.0 Å². The van der Waals surface area contributed by atoms with Gasteiger partial charge in [0.25, 0.3) is 0 Å². The van der Waals surface area contributed by atoms with Crippen molar-refractivity contribution in [3.63, 3.8) is 0 Å². The van der Waals surface area contributed by atoms with Crippen molar-refractivity contribution in [1.29, 1.82) is 0 Å². The van der Waals surface area contributed by atoms with Crippen molar-refractivity contribution >= 4 is 58.0 Å². The Balaban J connectivity index is 3.43. The molecule has 0 saturated carbocycles. The first-order chi connectivity index (χ1) is 7.48. The van der Waals surface area contributed by atoms with E-state index in [1.165, 1.54) is 0 Å². The highest BCUT2D eigenvalue weighted by molar-refractivity contribution is 6.75. The van der Waals surface area contributed by atoms with E-state index in [0.717, 1.165) is 0 Å². The molecular formula is C11H11Cl5O. The number of aliphatic hydroxyl groups is 1. The molecule has 0 saturated heterocycles. The van der Waals surface area contributed by atoms with Crippen LogP contribution in [0.5, 0.6) is 0 Å². The third kappa shape index (κ3) is 3.34. The molecule has 1 rings (SSSR count). The minimum absolute atomic E-state index is 0.371. The van der Waals surface area contributed by atoms with Crippen LogP contribution in [0.4, 0.5) is 0 Å². The summed E-state index contributed by atoms with van der Waals surface area (Å²) in [6, 6.07) is 6.76. The van der Waals surface area contributed by atoms with Gasteiger partial charge in [0.1, 0.15) is 0 Å². The quantitative estimate of drug-likeness (QED) is 0.761. The Morgan fingerprint density at radius 3 is 1.65 bits per heavy atom. The van der Waals surface area contributed by atoms with Crippen LogP contribution < -0.4 is 0 Å². The van der Waals surface area contributed by atoms with Crippen molar-refractivity contribution in [3.8, 4) is 0 Å². The van der Waals surface area contributed by atoms with Crippen molar-refractivity contribution < 1.29 is 5.11 Å². The molecule has 0 aliphatic rings. The summed E-state index contributed by atoms with van der Waals surface area (Å²) >= 11 is 29.5. The van der Waals surface area contributed by atoms with E-state index in [1.807, 2.05) is 0 Å².